The lowest BCUT2D eigenvalue weighted by atomic mass is 9.90. The number of rotatable bonds is 2. The molecule has 1 aromatic carbocycles. The van der Waals surface area contributed by atoms with Crippen LogP contribution >= 0.6 is 22.6 Å². The standard InChI is InChI=1S/C11H10INO3/c1-6(14)5-11(16)9-7(12)3-2-4-8(9)13-10(11)15/h2-4,16H,5H2,1H3,(H,13,15)/t11-/m1/s1. The monoisotopic (exact) mass is 331 g/mol. The molecule has 4 nitrogen and oxygen atoms in total. The van der Waals surface area contributed by atoms with Crippen molar-refractivity contribution < 1.29 is 14.7 Å². The largest absolute Gasteiger partial charge is 0.375 e. The Bertz CT molecular complexity index is 486. The molecular weight excluding hydrogens is 321 g/mol. The Morgan fingerprint density at radius 1 is 1.56 bits per heavy atom. The first kappa shape index (κ1) is 11.5. The van der Waals surface area contributed by atoms with Gasteiger partial charge in [-0.2, -0.15) is 0 Å². The number of halogens is 1. The van der Waals surface area contributed by atoms with Crippen LogP contribution < -0.4 is 5.32 Å². The molecule has 2 N–H and O–H groups in total. The second kappa shape index (κ2) is 3.81. The third-order valence-corrected chi connectivity index (χ3v) is 3.45. The summed E-state index contributed by atoms with van der Waals surface area (Å²) in [6.45, 7) is 1.36. The number of benzene rings is 1. The molecule has 0 bridgehead atoms. The molecule has 0 spiro atoms. The van der Waals surface area contributed by atoms with Gasteiger partial charge in [0.05, 0.1) is 0 Å². The van der Waals surface area contributed by atoms with E-state index in [0.717, 1.165) is 3.57 Å². The highest BCUT2D eigenvalue weighted by atomic mass is 127. The summed E-state index contributed by atoms with van der Waals surface area (Å²) in [6.07, 6.45) is -0.189. The summed E-state index contributed by atoms with van der Waals surface area (Å²) in [6, 6.07) is 5.30. The maximum atomic E-state index is 11.7. The highest BCUT2D eigenvalue weighted by molar-refractivity contribution is 14.1. The lowest BCUT2D eigenvalue weighted by molar-refractivity contribution is -0.139. The summed E-state index contributed by atoms with van der Waals surface area (Å²) < 4.78 is 0.775. The summed E-state index contributed by atoms with van der Waals surface area (Å²) in [5.74, 6) is -0.744. The Balaban J connectivity index is 2.58. The Kier molecular flexibility index (Phi) is 2.75. The molecule has 0 aromatic heterocycles. The Labute approximate surface area is 106 Å². The fourth-order valence-electron chi connectivity index (χ4n) is 1.92. The van der Waals surface area contributed by atoms with E-state index >= 15 is 0 Å². The van der Waals surface area contributed by atoms with E-state index < -0.39 is 11.5 Å². The molecule has 16 heavy (non-hydrogen) atoms. The van der Waals surface area contributed by atoms with E-state index in [1.807, 2.05) is 22.6 Å². The van der Waals surface area contributed by atoms with Gasteiger partial charge in [0.15, 0.2) is 5.60 Å². The molecule has 1 heterocycles. The van der Waals surface area contributed by atoms with Crippen LogP contribution in [0.3, 0.4) is 0 Å². The summed E-state index contributed by atoms with van der Waals surface area (Å²) >= 11 is 2.04. The number of amides is 1. The molecule has 5 heteroatoms. The zero-order valence-corrected chi connectivity index (χ0v) is 10.7. The van der Waals surface area contributed by atoms with Gasteiger partial charge in [-0.05, 0) is 41.6 Å². The van der Waals surface area contributed by atoms with Crippen LogP contribution in [-0.4, -0.2) is 16.8 Å². The van der Waals surface area contributed by atoms with Gasteiger partial charge in [-0.1, -0.05) is 6.07 Å². The number of carbonyl (C=O) groups excluding carboxylic acids is 2. The molecule has 1 aromatic rings. The first-order chi connectivity index (χ1) is 7.45. The van der Waals surface area contributed by atoms with E-state index in [-0.39, 0.29) is 12.2 Å². The van der Waals surface area contributed by atoms with E-state index in [4.69, 9.17) is 0 Å². The normalized spacial score (nSPS) is 22.8. The molecule has 0 saturated heterocycles. The van der Waals surface area contributed by atoms with Crippen LogP contribution in [0.2, 0.25) is 0 Å². The van der Waals surface area contributed by atoms with Crippen molar-refractivity contribution in [2.45, 2.75) is 18.9 Å². The molecule has 0 aliphatic carbocycles. The number of ketones is 1. The fraction of sp³-hybridized carbons (Fsp3) is 0.273. The number of carbonyl (C=O) groups is 2. The zero-order chi connectivity index (χ0) is 11.9. The van der Waals surface area contributed by atoms with Crippen molar-refractivity contribution in [1.29, 1.82) is 0 Å². The van der Waals surface area contributed by atoms with Gasteiger partial charge >= 0.3 is 0 Å². The Hall–Kier alpha value is -0.950. The number of fused-ring (bicyclic) bond motifs is 1. The summed E-state index contributed by atoms with van der Waals surface area (Å²) in [4.78, 5) is 22.9. The van der Waals surface area contributed by atoms with Crippen molar-refractivity contribution in [2.24, 2.45) is 0 Å². The predicted octanol–water partition coefficient (Wildman–Crippen LogP) is 1.41. The van der Waals surface area contributed by atoms with Crippen molar-refractivity contribution in [3.63, 3.8) is 0 Å². The molecule has 2 rings (SSSR count). The molecule has 1 amide bonds. The molecule has 0 fully saturated rings. The molecule has 84 valence electrons. The van der Waals surface area contributed by atoms with Crippen LogP contribution in [0.5, 0.6) is 0 Å². The van der Waals surface area contributed by atoms with Crippen molar-refractivity contribution >= 4 is 40.0 Å². The maximum absolute atomic E-state index is 11.7. The van der Waals surface area contributed by atoms with Gasteiger partial charge < -0.3 is 10.4 Å². The van der Waals surface area contributed by atoms with Crippen molar-refractivity contribution in [1.82, 2.24) is 0 Å². The van der Waals surface area contributed by atoms with E-state index in [2.05, 4.69) is 5.32 Å². The highest BCUT2D eigenvalue weighted by Crippen LogP contribution is 2.41. The number of hydrogen-bond acceptors (Lipinski definition) is 3. The lowest BCUT2D eigenvalue weighted by Gasteiger charge is -2.20. The molecule has 1 aliphatic heterocycles. The van der Waals surface area contributed by atoms with Crippen LogP contribution in [0.1, 0.15) is 18.9 Å². The van der Waals surface area contributed by atoms with Crippen molar-refractivity contribution in [2.75, 3.05) is 5.32 Å². The molecule has 1 aliphatic rings. The van der Waals surface area contributed by atoms with E-state index in [1.54, 1.807) is 18.2 Å². The van der Waals surface area contributed by atoms with Crippen LogP contribution in [0.15, 0.2) is 18.2 Å². The average molecular weight is 331 g/mol. The highest BCUT2D eigenvalue weighted by Gasteiger charge is 2.47. The third-order valence-electron chi connectivity index (χ3n) is 2.56. The van der Waals surface area contributed by atoms with Crippen LogP contribution in [0.4, 0.5) is 5.69 Å². The molecule has 0 saturated carbocycles. The molecule has 0 unspecified atom stereocenters. The van der Waals surface area contributed by atoms with E-state index in [0.29, 0.717) is 11.3 Å². The number of Topliss-reactive ketones (excluding diaryl/α,β-unsaturated/α-hetero) is 1. The zero-order valence-electron chi connectivity index (χ0n) is 8.58. The van der Waals surface area contributed by atoms with Gasteiger partial charge in [0, 0.05) is 21.2 Å². The van der Waals surface area contributed by atoms with Crippen LogP contribution in [-0.2, 0) is 15.2 Å². The maximum Gasteiger partial charge on any atom is 0.261 e. The van der Waals surface area contributed by atoms with Gasteiger partial charge in [0.2, 0.25) is 0 Å². The van der Waals surface area contributed by atoms with E-state index in [9.17, 15) is 14.7 Å². The molecular formula is C11H10INO3. The number of hydrogen-bond donors (Lipinski definition) is 2. The van der Waals surface area contributed by atoms with Crippen molar-refractivity contribution in [3.8, 4) is 0 Å². The van der Waals surface area contributed by atoms with Gasteiger partial charge in [-0.25, -0.2) is 0 Å². The third kappa shape index (κ3) is 1.63. The number of anilines is 1. The van der Waals surface area contributed by atoms with Gasteiger partial charge in [0.1, 0.15) is 5.78 Å². The summed E-state index contributed by atoms with van der Waals surface area (Å²) in [5, 5.41) is 12.9. The average Bonchev–Trinajstić information content (AvgIpc) is 2.39. The first-order valence-electron chi connectivity index (χ1n) is 4.77. The Morgan fingerprint density at radius 3 is 2.88 bits per heavy atom. The quantitative estimate of drug-likeness (QED) is 0.806. The molecule has 0 radical (unpaired) electrons. The fourth-order valence-corrected chi connectivity index (χ4v) is 2.86. The minimum absolute atomic E-state index is 0.189. The first-order valence-corrected chi connectivity index (χ1v) is 5.85. The summed E-state index contributed by atoms with van der Waals surface area (Å²) in [7, 11) is 0. The minimum Gasteiger partial charge on any atom is -0.375 e. The van der Waals surface area contributed by atoms with Gasteiger partial charge in [-0.3, -0.25) is 9.59 Å². The minimum atomic E-state index is -1.71. The van der Waals surface area contributed by atoms with Crippen LogP contribution in [0, 0.1) is 3.57 Å². The SMILES string of the molecule is CC(=O)C[C@]1(O)C(=O)Nc2cccc(I)c21. The second-order valence-electron chi connectivity index (χ2n) is 3.86. The number of nitrogens with one attached hydrogen (secondary N) is 1. The topological polar surface area (TPSA) is 66.4 Å². The number of aliphatic hydroxyl groups is 1. The van der Waals surface area contributed by atoms with Gasteiger partial charge in [-0.15, -0.1) is 0 Å². The molecule has 1 atom stereocenters. The van der Waals surface area contributed by atoms with Gasteiger partial charge in [0.25, 0.3) is 5.91 Å². The summed E-state index contributed by atoms with van der Waals surface area (Å²) in [5.41, 5.74) is -0.615. The predicted molar refractivity (Wildman–Crippen MR) is 67.0 cm³/mol. The lowest BCUT2D eigenvalue weighted by Crippen LogP contribution is -2.36. The Morgan fingerprint density at radius 2 is 2.25 bits per heavy atom. The van der Waals surface area contributed by atoms with Crippen molar-refractivity contribution in [3.05, 3.63) is 27.3 Å². The van der Waals surface area contributed by atoms with Crippen LogP contribution in [0.25, 0.3) is 0 Å². The second-order valence-corrected chi connectivity index (χ2v) is 5.02. The smallest absolute Gasteiger partial charge is 0.261 e. The van der Waals surface area contributed by atoms with E-state index in [1.165, 1.54) is 6.92 Å².